The fraction of sp³-hybridized carbons (Fsp3) is 0.768. The van der Waals surface area contributed by atoms with Gasteiger partial charge in [-0.1, -0.05) is 355 Å². The van der Waals surface area contributed by atoms with Crippen molar-refractivity contribution in [3.8, 4) is 0 Å². The predicted octanol–water partition coefficient (Wildman–Crippen LogP) is 23.0. The van der Waals surface area contributed by atoms with E-state index in [9.17, 15) is 19.5 Å². The van der Waals surface area contributed by atoms with Gasteiger partial charge in [0.2, 0.25) is 0 Å². The van der Waals surface area contributed by atoms with Gasteiger partial charge in [-0.25, -0.2) is 0 Å². The van der Waals surface area contributed by atoms with Crippen molar-refractivity contribution < 1.29 is 42.9 Å². The molecule has 0 amide bonds. The lowest BCUT2D eigenvalue weighted by molar-refractivity contribution is -0.870. The summed E-state index contributed by atoms with van der Waals surface area (Å²) in [5.74, 6) is -2.34. The summed E-state index contributed by atoms with van der Waals surface area (Å²) in [6, 6.07) is 0. The number of likely N-dealkylation sites (N-methyl/N-ethyl adjacent to an activating group) is 1. The lowest BCUT2D eigenvalue weighted by atomic mass is 10.0. The smallest absolute Gasteiger partial charge is 0.306 e. The van der Waals surface area contributed by atoms with E-state index in [-0.39, 0.29) is 38.6 Å². The number of esters is 2. The first-order valence-electron chi connectivity index (χ1n) is 38.4. The SMILES string of the molecule is CC/C=C\C/C=C\C/C=C\C/C=C\C/C=C\C/C=C\C/C=C\C/C=C\CCCCC(=O)OC(COC(=O)CCCCCCCCCCCCCCCCCCCCCCCCCCCCCCCCCCCCCCCCC)COC(OCC[N+](C)(C)C)C(=O)[O-]. The molecule has 9 heteroatoms. The zero-order valence-electron chi connectivity index (χ0n) is 60.2. The van der Waals surface area contributed by atoms with Crippen molar-refractivity contribution in [2.75, 3.05) is 47.5 Å². The van der Waals surface area contributed by atoms with Crippen molar-refractivity contribution in [3.63, 3.8) is 0 Å². The van der Waals surface area contributed by atoms with E-state index in [1.807, 2.05) is 21.1 Å². The molecule has 0 aliphatic heterocycles. The third-order valence-corrected chi connectivity index (χ3v) is 16.8. The molecule has 9 nitrogen and oxygen atoms in total. The van der Waals surface area contributed by atoms with Gasteiger partial charge < -0.3 is 33.3 Å². The van der Waals surface area contributed by atoms with Crippen LogP contribution in [0.3, 0.4) is 0 Å². The van der Waals surface area contributed by atoms with Crippen LogP contribution in [-0.4, -0.2) is 82.3 Å². The maximum Gasteiger partial charge on any atom is 0.306 e. The number of aliphatic carboxylic acids is 1. The summed E-state index contributed by atoms with van der Waals surface area (Å²) < 4.78 is 22.8. The highest BCUT2D eigenvalue weighted by atomic mass is 16.7. The number of nitrogens with zero attached hydrogens (tertiary/aromatic N) is 1. The van der Waals surface area contributed by atoms with E-state index in [1.165, 1.54) is 231 Å². The number of carbonyl (C=O) groups excluding carboxylic acids is 3. The molecule has 526 valence electrons. The Morgan fingerprint density at radius 2 is 0.626 bits per heavy atom. The lowest BCUT2D eigenvalue weighted by Crippen LogP contribution is -2.44. The average Bonchev–Trinajstić information content (AvgIpc) is 3.46. The van der Waals surface area contributed by atoms with Crippen LogP contribution in [0, 0.1) is 0 Å². The van der Waals surface area contributed by atoms with Crippen LogP contribution in [0.5, 0.6) is 0 Å². The highest BCUT2D eigenvalue weighted by Crippen LogP contribution is 2.19. The van der Waals surface area contributed by atoms with Gasteiger partial charge in [-0.3, -0.25) is 9.59 Å². The van der Waals surface area contributed by atoms with E-state index in [0.29, 0.717) is 17.4 Å². The molecule has 0 aliphatic rings. The van der Waals surface area contributed by atoms with Gasteiger partial charge in [-0.15, -0.1) is 0 Å². The van der Waals surface area contributed by atoms with E-state index in [0.717, 1.165) is 83.5 Å². The van der Waals surface area contributed by atoms with E-state index in [2.05, 4.69) is 111 Å². The van der Waals surface area contributed by atoms with Crippen LogP contribution in [-0.2, 0) is 33.3 Å². The number of allylic oxidation sites excluding steroid dienone is 16. The fourth-order valence-corrected chi connectivity index (χ4v) is 11.0. The Labute approximate surface area is 562 Å². The maximum absolute atomic E-state index is 12.9. The van der Waals surface area contributed by atoms with Crippen LogP contribution in [0.2, 0.25) is 0 Å². The molecule has 91 heavy (non-hydrogen) atoms. The number of carbonyl (C=O) groups is 3. The summed E-state index contributed by atoms with van der Waals surface area (Å²) >= 11 is 0. The van der Waals surface area contributed by atoms with Gasteiger partial charge in [0, 0.05) is 12.8 Å². The summed E-state index contributed by atoms with van der Waals surface area (Å²) in [6.07, 6.45) is 96.9. The molecule has 0 heterocycles. The summed E-state index contributed by atoms with van der Waals surface area (Å²) in [7, 11) is 5.92. The van der Waals surface area contributed by atoms with Crippen molar-refractivity contribution in [1.29, 1.82) is 0 Å². The second-order valence-electron chi connectivity index (χ2n) is 26.9. The van der Waals surface area contributed by atoms with Crippen molar-refractivity contribution in [2.45, 2.75) is 360 Å². The molecule has 0 aliphatic carbocycles. The molecule has 0 aromatic rings. The summed E-state index contributed by atoms with van der Waals surface area (Å²) in [5.41, 5.74) is 0. The van der Waals surface area contributed by atoms with E-state index in [4.69, 9.17) is 18.9 Å². The molecular weight excluding hydrogens is 1130 g/mol. The second kappa shape index (κ2) is 72.0. The van der Waals surface area contributed by atoms with Crippen LogP contribution < -0.4 is 5.11 Å². The quantitative estimate of drug-likeness (QED) is 0.0195. The van der Waals surface area contributed by atoms with Gasteiger partial charge in [0.25, 0.3) is 0 Å². The van der Waals surface area contributed by atoms with Gasteiger partial charge in [-0.05, 0) is 77.0 Å². The van der Waals surface area contributed by atoms with Crippen LogP contribution in [0.1, 0.15) is 348 Å². The number of quaternary nitrogens is 1. The molecule has 0 fully saturated rings. The maximum atomic E-state index is 12.9. The first kappa shape index (κ1) is 87.2. The van der Waals surface area contributed by atoms with Crippen molar-refractivity contribution in [2.24, 2.45) is 0 Å². The molecular formula is C82H145NO8. The molecule has 2 unspecified atom stereocenters. The average molecular weight is 1270 g/mol. The van der Waals surface area contributed by atoms with Gasteiger partial charge in [-0.2, -0.15) is 0 Å². The van der Waals surface area contributed by atoms with Gasteiger partial charge >= 0.3 is 11.9 Å². The fourth-order valence-electron chi connectivity index (χ4n) is 11.0. The number of ether oxygens (including phenoxy) is 4. The van der Waals surface area contributed by atoms with Crippen LogP contribution >= 0.6 is 0 Å². The summed E-state index contributed by atoms with van der Waals surface area (Å²) in [6.45, 7) is 4.62. The van der Waals surface area contributed by atoms with E-state index >= 15 is 0 Å². The Bertz CT molecular complexity index is 1820. The van der Waals surface area contributed by atoms with Crippen LogP contribution in [0.25, 0.3) is 0 Å². The molecule has 0 aromatic heterocycles. The third kappa shape index (κ3) is 73.5. The molecule has 0 aromatic carbocycles. The zero-order valence-corrected chi connectivity index (χ0v) is 60.2. The number of hydrogen-bond donors (Lipinski definition) is 0. The number of rotatable bonds is 71. The number of carboxylic acids is 1. The van der Waals surface area contributed by atoms with E-state index in [1.54, 1.807) is 0 Å². The summed E-state index contributed by atoms with van der Waals surface area (Å²) in [4.78, 5) is 37.5. The van der Waals surface area contributed by atoms with Crippen molar-refractivity contribution >= 4 is 17.9 Å². The highest BCUT2D eigenvalue weighted by Gasteiger charge is 2.22. The Hall–Kier alpha value is -3.79. The van der Waals surface area contributed by atoms with E-state index < -0.39 is 24.3 Å². The topological polar surface area (TPSA) is 111 Å². The monoisotopic (exact) mass is 1270 g/mol. The molecule has 0 N–H and O–H groups in total. The highest BCUT2D eigenvalue weighted by molar-refractivity contribution is 5.70. The normalized spacial score (nSPS) is 13.2. The van der Waals surface area contributed by atoms with Gasteiger partial charge in [0.05, 0.1) is 40.3 Å². The van der Waals surface area contributed by atoms with Crippen molar-refractivity contribution in [3.05, 3.63) is 97.2 Å². The molecule has 2 atom stereocenters. The summed E-state index contributed by atoms with van der Waals surface area (Å²) in [5, 5.41) is 11.8. The molecule has 0 spiro atoms. The number of unbranched alkanes of at least 4 members (excludes halogenated alkanes) is 40. The van der Waals surface area contributed by atoms with Crippen LogP contribution in [0.4, 0.5) is 0 Å². The minimum absolute atomic E-state index is 0.135. The zero-order chi connectivity index (χ0) is 66.1. The predicted molar refractivity (Wildman–Crippen MR) is 389 cm³/mol. The minimum Gasteiger partial charge on any atom is -0.545 e. The third-order valence-electron chi connectivity index (χ3n) is 16.8. The van der Waals surface area contributed by atoms with Crippen LogP contribution in [0.15, 0.2) is 97.2 Å². The van der Waals surface area contributed by atoms with Gasteiger partial charge in [0.15, 0.2) is 12.4 Å². The Morgan fingerprint density at radius 3 is 0.934 bits per heavy atom. The van der Waals surface area contributed by atoms with Crippen molar-refractivity contribution in [1.82, 2.24) is 0 Å². The lowest BCUT2D eigenvalue weighted by Gasteiger charge is -2.26. The first-order valence-corrected chi connectivity index (χ1v) is 38.4. The minimum atomic E-state index is -1.64. The Morgan fingerprint density at radius 1 is 0.341 bits per heavy atom. The number of hydrogen-bond acceptors (Lipinski definition) is 8. The Balaban J connectivity index is 4.05. The molecule has 0 saturated carbocycles. The molecule has 0 rings (SSSR count). The first-order chi connectivity index (χ1) is 44.6. The molecule has 0 bridgehead atoms. The second-order valence-corrected chi connectivity index (χ2v) is 26.9. The standard InChI is InChI=1S/C82H145NO8/c1-6-8-10-12-14-16-18-20-22-24-26-28-30-32-34-35-36-37-38-39-40-41-42-43-44-45-47-48-50-52-54-56-58-60-62-64-66-68-70-72-79(84)89-76-78(77-90-82(81(86)87)88-75-74-83(3,4)5)91-80(85)73-71-69-67-65-63-61-59-57-55-53-51-49-46-33-31-29-27-25-23-21-19-17-15-13-11-9-7-2/h9,11,15,17,21,23,27,29,33,46,51,53,57,59,63,65,78,82H,6-8,10,12-14,16,18-20,22,24-26,28,30-32,34-45,47-50,52,54-56,58,60-62,64,66-77H2,1-5H3/b11-9-,17-15-,23-21-,29-27-,46-33-,53-51-,59-57-,65-63-. The largest absolute Gasteiger partial charge is 0.545 e. The number of carboxylic acid groups (broad SMARTS) is 1. The molecule has 0 saturated heterocycles. The van der Waals surface area contributed by atoms with Gasteiger partial charge in [0.1, 0.15) is 13.2 Å². The molecule has 0 radical (unpaired) electrons. The Kier molecular flexibility index (Phi) is 69.0.